The van der Waals surface area contributed by atoms with Crippen molar-refractivity contribution in [2.45, 2.75) is 18.1 Å². The number of thioether (sulfide) groups is 1. The lowest BCUT2D eigenvalue weighted by Gasteiger charge is -2.14. The van der Waals surface area contributed by atoms with Crippen molar-refractivity contribution >= 4 is 29.1 Å². The van der Waals surface area contributed by atoms with Crippen LogP contribution in [0.25, 0.3) is 0 Å². The number of hydrogen-bond acceptors (Lipinski definition) is 8. The second-order valence-corrected chi connectivity index (χ2v) is 7.79. The molecule has 1 aromatic heterocycles. The Bertz CT molecular complexity index is 1150. The van der Waals surface area contributed by atoms with E-state index >= 15 is 0 Å². The smallest absolute Gasteiger partial charge is 0.270 e. The number of ether oxygens (including phenoxy) is 1. The van der Waals surface area contributed by atoms with Crippen LogP contribution >= 0.6 is 11.8 Å². The molecule has 0 fully saturated rings. The zero-order valence-electron chi connectivity index (χ0n) is 17.6. The molecule has 0 spiro atoms. The summed E-state index contributed by atoms with van der Waals surface area (Å²) in [5, 5.41) is 22.5. The SMILES string of the molecule is COc1ccc(C(=O)N[C@H](C)c2nnc(SCC(=O)c3cccc([N+](=O)[O-])c3)n2C)cc1. The van der Waals surface area contributed by atoms with Gasteiger partial charge in [0, 0.05) is 30.3 Å². The highest BCUT2D eigenvalue weighted by molar-refractivity contribution is 7.99. The highest BCUT2D eigenvalue weighted by Gasteiger charge is 2.20. The number of amides is 1. The summed E-state index contributed by atoms with van der Waals surface area (Å²) in [7, 11) is 3.30. The summed E-state index contributed by atoms with van der Waals surface area (Å²) in [6, 6.07) is 11.9. The highest BCUT2D eigenvalue weighted by Crippen LogP contribution is 2.22. The maximum Gasteiger partial charge on any atom is 0.270 e. The van der Waals surface area contributed by atoms with Gasteiger partial charge in [-0.25, -0.2) is 0 Å². The van der Waals surface area contributed by atoms with Crippen LogP contribution in [0.15, 0.2) is 53.7 Å². The molecule has 11 heteroatoms. The second kappa shape index (κ2) is 10.1. The van der Waals surface area contributed by atoms with Gasteiger partial charge in [-0.1, -0.05) is 23.9 Å². The van der Waals surface area contributed by atoms with Gasteiger partial charge in [-0.15, -0.1) is 10.2 Å². The number of carbonyl (C=O) groups is 2. The molecule has 0 bridgehead atoms. The van der Waals surface area contributed by atoms with Crippen LogP contribution in [0, 0.1) is 10.1 Å². The van der Waals surface area contributed by atoms with Crippen molar-refractivity contribution < 1.29 is 19.2 Å². The summed E-state index contributed by atoms with van der Waals surface area (Å²) < 4.78 is 6.79. The maximum atomic E-state index is 12.5. The number of aromatic nitrogens is 3. The lowest BCUT2D eigenvalue weighted by atomic mass is 10.1. The summed E-state index contributed by atoms with van der Waals surface area (Å²) >= 11 is 1.17. The first-order chi connectivity index (χ1) is 15.3. The van der Waals surface area contributed by atoms with Gasteiger partial charge in [-0.3, -0.25) is 19.7 Å². The number of methoxy groups -OCH3 is 1. The van der Waals surface area contributed by atoms with Gasteiger partial charge in [0.25, 0.3) is 11.6 Å². The van der Waals surface area contributed by atoms with Gasteiger partial charge in [0.1, 0.15) is 5.75 Å². The van der Waals surface area contributed by atoms with Crippen LogP contribution in [-0.4, -0.2) is 44.2 Å². The Morgan fingerprint density at radius 3 is 2.56 bits per heavy atom. The summed E-state index contributed by atoms with van der Waals surface area (Å²) in [5.74, 6) is 0.698. The summed E-state index contributed by atoms with van der Waals surface area (Å²) in [6.07, 6.45) is 0. The van der Waals surface area contributed by atoms with Crippen molar-refractivity contribution in [1.82, 2.24) is 20.1 Å². The predicted molar refractivity (Wildman–Crippen MR) is 118 cm³/mol. The van der Waals surface area contributed by atoms with E-state index in [0.29, 0.717) is 22.3 Å². The molecular formula is C21H21N5O5S. The molecule has 0 saturated heterocycles. The van der Waals surface area contributed by atoms with Crippen molar-refractivity contribution in [3.05, 3.63) is 75.6 Å². The molecule has 0 aliphatic heterocycles. The van der Waals surface area contributed by atoms with Crippen LogP contribution in [0.2, 0.25) is 0 Å². The topological polar surface area (TPSA) is 129 Å². The quantitative estimate of drug-likeness (QED) is 0.225. The van der Waals surface area contributed by atoms with E-state index in [9.17, 15) is 19.7 Å². The molecule has 1 atom stereocenters. The number of nitro groups is 1. The van der Waals surface area contributed by atoms with E-state index in [2.05, 4.69) is 15.5 Å². The number of benzene rings is 2. The molecule has 32 heavy (non-hydrogen) atoms. The van der Waals surface area contributed by atoms with Gasteiger partial charge in [0.2, 0.25) is 0 Å². The first kappa shape index (κ1) is 22.9. The molecule has 0 saturated carbocycles. The number of rotatable bonds is 9. The lowest BCUT2D eigenvalue weighted by molar-refractivity contribution is -0.384. The van der Waals surface area contributed by atoms with Gasteiger partial charge >= 0.3 is 0 Å². The second-order valence-electron chi connectivity index (χ2n) is 6.84. The molecule has 3 aromatic rings. The molecule has 0 unspecified atom stereocenters. The summed E-state index contributed by atoms with van der Waals surface area (Å²) in [4.78, 5) is 35.3. The number of ketones is 1. The normalized spacial score (nSPS) is 11.6. The fraction of sp³-hybridized carbons (Fsp3) is 0.238. The average Bonchev–Trinajstić information content (AvgIpc) is 3.17. The van der Waals surface area contributed by atoms with Crippen molar-refractivity contribution in [1.29, 1.82) is 0 Å². The van der Waals surface area contributed by atoms with E-state index in [0.717, 1.165) is 0 Å². The van der Waals surface area contributed by atoms with E-state index in [-0.39, 0.29) is 28.7 Å². The standard InChI is InChI=1S/C21H21N5O5S/c1-13(22-20(28)14-7-9-17(31-3)10-8-14)19-23-24-21(25(19)2)32-12-18(27)15-5-4-6-16(11-15)26(29)30/h4-11,13H,12H2,1-3H3,(H,22,28)/t13-/m1/s1. The molecule has 0 aliphatic carbocycles. The van der Waals surface area contributed by atoms with Gasteiger partial charge in [0.15, 0.2) is 16.8 Å². The largest absolute Gasteiger partial charge is 0.497 e. The molecule has 0 radical (unpaired) electrons. The number of hydrogen-bond donors (Lipinski definition) is 1. The number of nitrogens with zero attached hydrogens (tertiary/aromatic N) is 4. The fourth-order valence-electron chi connectivity index (χ4n) is 2.92. The minimum Gasteiger partial charge on any atom is -0.497 e. The molecule has 166 valence electrons. The molecular weight excluding hydrogens is 434 g/mol. The van der Waals surface area contributed by atoms with Crippen molar-refractivity contribution in [3.63, 3.8) is 0 Å². The minimum absolute atomic E-state index is 0.0414. The molecule has 2 aromatic carbocycles. The Balaban J connectivity index is 1.62. The van der Waals surface area contributed by atoms with Crippen molar-refractivity contribution in [2.75, 3.05) is 12.9 Å². The Kier molecular flexibility index (Phi) is 7.21. The van der Waals surface area contributed by atoms with Gasteiger partial charge in [0.05, 0.1) is 23.8 Å². The monoisotopic (exact) mass is 455 g/mol. The van der Waals surface area contributed by atoms with E-state index < -0.39 is 11.0 Å². The van der Waals surface area contributed by atoms with Crippen LogP contribution in [0.3, 0.4) is 0 Å². The minimum atomic E-state index is -0.541. The number of carbonyl (C=O) groups excluding carboxylic acids is 2. The van der Waals surface area contributed by atoms with Crippen molar-refractivity contribution in [3.8, 4) is 5.75 Å². The third-order valence-corrected chi connectivity index (χ3v) is 5.69. The van der Waals surface area contributed by atoms with Crippen LogP contribution in [0.4, 0.5) is 5.69 Å². The fourth-order valence-corrected chi connectivity index (χ4v) is 3.73. The third kappa shape index (κ3) is 5.30. The molecule has 1 amide bonds. The Hall–Kier alpha value is -3.73. The molecule has 0 aliphatic rings. The first-order valence-corrected chi connectivity index (χ1v) is 10.5. The number of nitro benzene ring substituents is 1. The van der Waals surface area contributed by atoms with Crippen LogP contribution in [0.5, 0.6) is 5.75 Å². The molecule has 10 nitrogen and oxygen atoms in total. The van der Waals surface area contributed by atoms with Crippen molar-refractivity contribution in [2.24, 2.45) is 7.05 Å². The van der Waals surface area contributed by atoms with E-state index in [1.807, 2.05) is 0 Å². The van der Waals surface area contributed by atoms with Crippen LogP contribution < -0.4 is 10.1 Å². The summed E-state index contributed by atoms with van der Waals surface area (Å²) in [5.41, 5.74) is 0.606. The Morgan fingerprint density at radius 2 is 1.91 bits per heavy atom. The zero-order valence-corrected chi connectivity index (χ0v) is 18.5. The van der Waals surface area contributed by atoms with Gasteiger partial charge in [-0.05, 0) is 31.2 Å². The molecule has 1 heterocycles. The lowest BCUT2D eigenvalue weighted by Crippen LogP contribution is -2.28. The predicted octanol–water partition coefficient (Wildman–Crippen LogP) is 3.20. The molecule has 3 rings (SSSR count). The average molecular weight is 455 g/mol. The van der Waals surface area contributed by atoms with Gasteiger partial charge in [-0.2, -0.15) is 0 Å². The third-order valence-electron chi connectivity index (χ3n) is 4.67. The van der Waals surface area contributed by atoms with E-state index in [1.54, 1.807) is 49.9 Å². The zero-order chi connectivity index (χ0) is 23.3. The number of non-ortho nitro benzene ring substituents is 1. The van der Waals surface area contributed by atoms with E-state index in [4.69, 9.17) is 4.74 Å². The number of Topliss-reactive ketones (excluding diaryl/α,β-unsaturated/α-hetero) is 1. The number of nitrogens with one attached hydrogen (secondary N) is 1. The van der Waals surface area contributed by atoms with E-state index in [1.165, 1.54) is 36.0 Å². The van der Waals surface area contributed by atoms with Crippen LogP contribution in [0.1, 0.15) is 39.5 Å². The highest BCUT2D eigenvalue weighted by atomic mass is 32.2. The molecule has 1 N–H and O–H groups in total. The summed E-state index contributed by atoms with van der Waals surface area (Å²) in [6.45, 7) is 1.79. The maximum absolute atomic E-state index is 12.5. The van der Waals surface area contributed by atoms with Gasteiger partial charge < -0.3 is 14.6 Å². The Labute approximate surface area is 188 Å². The first-order valence-electron chi connectivity index (χ1n) is 9.54. The Morgan fingerprint density at radius 1 is 1.19 bits per heavy atom. The van der Waals surface area contributed by atoms with Crippen LogP contribution in [-0.2, 0) is 7.05 Å².